The van der Waals surface area contributed by atoms with Gasteiger partial charge in [0.25, 0.3) is 0 Å². The monoisotopic (exact) mass is 166 g/mol. The summed E-state index contributed by atoms with van der Waals surface area (Å²) in [7, 11) is 0. The highest BCUT2D eigenvalue weighted by molar-refractivity contribution is 5.24. The summed E-state index contributed by atoms with van der Waals surface area (Å²) in [5.41, 5.74) is 1.93. The van der Waals surface area contributed by atoms with E-state index >= 15 is 0 Å². The predicted molar refractivity (Wildman–Crippen MR) is 49.7 cm³/mol. The normalized spacial score (nSPS) is 43.3. The summed E-state index contributed by atoms with van der Waals surface area (Å²) in [6.45, 7) is 7.17. The molecule has 0 bridgehead atoms. The standard InChI is InChI=1S/C11H18O/c1-7-4-9-10(11(9,2)3)5-8(7)6-12/h4,8-10,12H,5-6H2,1-3H3/t8-,9?,10?/m0/s1. The smallest absolute Gasteiger partial charge is 0.0496 e. The van der Waals surface area contributed by atoms with Gasteiger partial charge in [-0.1, -0.05) is 25.5 Å². The zero-order valence-electron chi connectivity index (χ0n) is 8.17. The summed E-state index contributed by atoms with van der Waals surface area (Å²) in [5.74, 6) is 2.10. The molecule has 0 radical (unpaired) electrons. The fraction of sp³-hybridized carbons (Fsp3) is 0.818. The van der Waals surface area contributed by atoms with Gasteiger partial charge in [-0.15, -0.1) is 0 Å². The maximum Gasteiger partial charge on any atom is 0.0496 e. The molecule has 1 heteroatoms. The largest absolute Gasteiger partial charge is 0.396 e. The number of fused-ring (bicyclic) bond motifs is 1. The lowest BCUT2D eigenvalue weighted by Crippen LogP contribution is -2.12. The molecule has 2 rings (SSSR count). The Morgan fingerprint density at radius 2 is 2.25 bits per heavy atom. The van der Waals surface area contributed by atoms with Crippen molar-refractivity contribution in [2.75, 3.05) is 6.61 Å². The molecular weight excluding hydrogens is 148 g/mol. The van der Waals surface area contributed by atoms with Gasteiger partial charge in [0, 0.05) is 12.5 Å². The van der Waals surface area contributed by atoms with Crippen LogP contribution in [-0.4, -0.2) is 11.7 Å². The van der Waals surface area contributed by atoms with E-state index in [1.807, 2.05) is 0 Å². The van der Waals surface area contributed by atoms with Crippen molar-refractivity contribution in [3.05, 3.63) is 11.6 Å². The SMILES string of the molecule is CC1=CC2C(C[C@H]1CO)C2(C)C. The van der Waals surface area contributed by atoms with Gasteiger partial charge < -0.3 is 5.11 Å². The Kier molecular flexibility index (Phi) is 1.63. The van der Waals surface area contributed by atoms with E-state index in [0.29, 0.717) is 17.9 Å². The molecule has 0 aromatic rings. The van der Waals surface area contributed by atoms with Gasteiger partial charge in [0.2, 0.25) is 0 Å². The van der Waals surface area contributed by atoms with E-state index in [9.17, 15) is 0 Å². The maximum absolute atomic E-state index is 9.13. The Labute approximate surface area is 74.5 Å². The highest BCUT2D eigenvalue weighted by Gasteiger charge is 2.58. The fourth-order valence-electron chi connectivity index (χ4n) is 2.70. The average molecular weight is 166 g/mol. The van der Waals surface area contributed by atoms with Crippen LogP contribution in [0.2, 0.25) is 0 Å². The summed E-state index contributed by atoms with van der Waals surface area (Å²) in [4.78, 5) is 0. The number of rotatable bonds is 1. The molecule has 0 aliphatic heterocycles. The van der Waals surface area contributed by atoms with Gasteiger partial charge in [0.15, 0.2) is 0 Å². The lowest BCUT2D eigenvalue weighted by Gasteiger charge is -2.18. The molecule has 1 N–H and O–H groups in total. The van der Waals surface area contributed by atoms with Crippen molar-refractivity contribution < 1.29 is 5.11 Å². The zero-order chi connectivity index (χ0) is 8.93. The minimum Gasteiger partial charge on any atom is -0.396 e. The van der Waals surface area contributed by atoms with Crippen LogP contribution in [0.25, 0.3) is 0 Å². The zero-order valence-corrected chi connectivity index (χ0v) is 8.17. The van der Waals surface area contributed by atoms with Crippen LogP contribution in [0.3, 0.4) is 0 Å². The van der Waals surface area contributed by atoms with E-state index in [2.05, 4.69) is 26.8 Å². The van der Waals surface area contributed by atoms with Crippen LogP contribution in [0, 0.1) is 23.2 Å². The second-order valence-corrected chi connectivity index (χ2v) is 4.98. The summed E-state index contributed by atoms with van der Waals surface area (Å²) < 4.78 is 0. The van der Waals surface area contributed by atoms with Crippen molar-refractivity contribution in [3.8, 4) is 0 Å². The van der Waals surface area contributed by atoms with Crippen molar-refractivity contribution in [1.29, 1.82) is 0 Å². The van der Waals surface area contributed by atoms with Gasteiger partial charge in [0.1, 0.15) is 0 Å². The Balaban J connectivity index is 2.16. The van der Waals surface area contributed by atoms with Crippen LogP contribution in [-0.2, 0) is 0 Å². The number of allylic oxidation sites excluding steroid dienone is 1. The van der Waals surface area contributed by atoms with E-state index in [1.54, 1.807) is 0 Å². The Hall–Kier alpha value is -0.300. The number of aliphatic hydroxyl groups excluding tert-OH is 1. The first kappa shape index (κ1) is 8.31. The molecular formula is C11H18O. The third-order valence-corrected chi connectivity index (χ3v) is 3.98. The van der Waals surface area contributed by atoms with Gasteiger partial charge >= 0.3 is 0 Å². The molecule has 1 fully saturated rings. The van der Waals surface area contributed by atoms with E-state index in [0.717, 1.165) is 11.8 Å². The highest BCUT2D eigenvalue weighted by Crippen LogP contribution is 2.64. The summed E-state index contributed by atoms with van der Waals surface area (Å²) in [5, 5.41) is 9.13. The lowest BCUT2D eigenvalue weighted by molar-refractivity contribution is 0.227. The quantitative estimate of drug-likeness (QED) is 0.592. The third kappa shape index (κ3) is 0.957. The average Bonchev–Trinajstić information content (AvgIpc) is 2.52. The molecule has 12 heavy (non-hydrogen) atoms. The topological polar surface area (TPSA) is 20.2 Å². The minimum absolute atomic E-state index is 0.335. The van der Waals surface area contributed by atoms with E-state index in [-0.39, 0.29) is 0 Å². The second kappa shape index (κ2) is 2.35. The van der Waals surface area contributed by atoms with Crippen LogP contribution < -0.4 is 0 Å². The molecule has 2 aliphatic rings. The molecule has 0 amide bonds. The van der Waals surface area contributed by atoms with Crippen molar-refractivity contribution in [3.63, 3.8) is 0 Å². The molecule has 0 aromatic carbocycles. The Morgan fingerprint density at radius 1 is 1.58 bits per heavy atom. The fourth-order valence-corrected chi connectivity index (χ4v) is 2.70. The van der Waals surface area contributed by atoms with Gasteiger partial charge in [-0.25, -0.2) is 0 Å². The number of hydrogen-bond acceptors (Lipinski definition) is 1. The summed E-state index contributed by atoms with van der Waals surface area (Å²) in [6, 6.07) is 0. The highest BCUT2D eigenvalue weighted by atomic mass is 16.3. The summed E-state index contributed by atoms with van der Waals surface area (Å²) in [6.07, 6.45) is 3.59. The van der Waals surface area contributed by atoms with Gasteiger partial charge in [-0.3, -0.25) is 0 Å². The van der Waals surface area contributed by atoms with E-state index in [1.165, 1.54) is 12.0 Å². The molecule has 0 aromatic heterocycles. The van der Waals surface area contributed by atoms with Crippen LogP contribution >= 0.6 is 0 Å². The Bertz CT molecular complexity index is 227. The van der Waals surface area contributed by atoms with Crippen molar-refractivity contribution in [2.45, 2.75) is 27.2 Å². The van der Waals surface area contributed by atoms with Crippen molar-refractivity contribution >= 4 is 0 Å². The van der Waals surface area contributed by atoms with E-state index in [4.69, 9.17) is 5.11 Å². The first-order valence-corrected chi connectivity index (χ1v) is 4.86. The van der Waals surface area contributed by atoms with Gasteiger partial charge in [-0.05, 0) is 30.6 Å². The lowest BCUT2D eigenvalue weighted by atomic mass is 9.89. The Morgan fingerprint density at radius 3 is 2.83 bits per heavy atom. The minimum atomic E-state index is 0.335. The molecule has 3 atom stereocenters. The third-order valence-electron chi connectivity index (χ3n) is 3.98. The van der Waals surface area contributed by atoms with Crippen LogP contribution in [0.15, 0.2) is 11.6 Å². The maximum atomic E-state index is 9.13. The molecule has 2 unspecified atom stereocenters. The van der Waals surface area contributed by atoms with Crippen LogP contribution in [0.4, 0.5) is 0 Å². The van der Waals surface area contributed by atoms with E-state index < -0.39 is 0 Å². The van der Waals surface area contributed by atoms with Crippen LogP contribution in [0.5, 0.6) is 0 Å². The van der Waals surface area contributed by atoms with Crippen molar-refractivity contribution in [2.24, 2.45) is 23.2 Å². The molecule has 2 aliphatic carbocycles. The molecule has 1 saturated carbocycles. The molecule has 68 valence electrons. The van der Waals surface area contributed by atoms with Crippen molar-refractivity contribution in [1.82, 2.24) is 0 Å². The summed E-state index contributed by atoms with van der Waals surface area (Å²) >= 11 is 0. The first-order valence-electron chi connectivity index (χ1n) is 4.86. The number of hydrogen-bond donors (Lipinski definition) is 1. The molecule has 0 saturated heterocycles. The van der Waals surface area contributed by atoms with Gasteiger partial charge in [-0.2, -0.15) is 0 Å². The van der Waals surface area contributed by atoms with Crippen LogP contribution in [0.1, 0.15) is 27.2 Å². The molecule has 0 spiro atoms. The van der Waals surface area contributed by atoms with Gasteiger partial charge in [0.05, 0.1) is 0 Å². The molecule has 0 heterocycles. The second-order valence-electron chi connectivity index (χ2n) is 4.98. The first-order chi connectivity index (χ1) is 5.57. The molecule has 1 nitrogen and oxygen atoms in total. The predicted octanol–water partition coefficient (Wildman–Crippen LogP) is 2.22. The number of aliphatic hydroxyl groups is 1.